The Balaban J connectivity index is 2.33. The predicted molar refractivity (Wildman–Crippen MR) is 84.1 cm³/mol. The Labute approximate surface area is 133 Å². The average Bonchev–Trinajstić information content (AvgIpc) is 2.47. The third kappa shape index (κ3) is 3.46. The van der Waals surface area contributed by atoms with Crippen molar-refractivity contribution in [2.45, 2.75) is 50.5 Å². The van der Waals surface area contributed by atoms with Crippen LogP contribution in [0.15, 0.2) is 28.7 Å². The Kier molecular flexibility index (Phi) is 5.04. The van der Waals surface area contributed by atoms with Crippen LogP contribution in [0.1, 0.15) is 44.6 Å². The van der Waals surface area contributed by atoms with Crippen LogP contribution in [0.4, 0.5) is 0 Å². The van der Waals surface area contributed by atoms with Crippen LogP contribution in [-0.2, 0) is 15.0 Å². The van der Waals surface area contributed by atoms with Gasteiger partial charge in [-0.25, -0.2) is 0 Å². The number of halogens is 1. The Hall–Kier alpha value is -1.36. The van der Waals surface area contributed by atoms with Crippen molar-refractivity contribution in [3.63, 3.8) is 0 Å². The van der Waals surface area contributed by atoms with Crippen molar-refractivity contribution < 1.29 is 14.7 Å². The zero-order valence-corrected chi connectivity index (χ0v) is 13.6. The molecular formula is C16H20BrNO3. The van der Waals surface area contributed by atoms with Crippen molar-refractivity contribution >= 4 is 27.8 Å². The van der Waals surface area contributed by atoms with Gasteiger partial charge >= 0.3 is 5.97 Å². The number of carboxylic acid groups (broad SMARTS) is 1. The number of carbonyl (C=O) groups is 2. The van der Waals surface area contributed by atoms with Gasteiger partial charge in [0.1, 0.15) is 6.04 Å². The van der Waals surface area contributed by atoms with Gasteiger partial charge in [0, 0.05) is 4.47 Å². The highest BCUT2D eigenvalue weighted by atomic mass is 79.9. The molecule has 0 spiro atoms. The van der Waals surface area contributed by atoms with E-state index in [4.69, 9.17) is 5.11 Å². The minimum Gasteiger partial charge on any atom is -0.480 e. The van der Waals surface area contributed by atoms with Gasteiger partial charge in [0.05, 0.1) is 5.41 Å². The number of hydrogen-bond acceptors (Lipinski definition) is 2. The number of nitrogens with one attached hydrogen (secondary N) is 1. The van der Waals surface area contributed by atoms with Gasteiger partial charge in [-0.05, 0) is 37.5 Å². The molecule has 1 amide bonds. The summed E-state index contributed by atoms with van der Waals surface area (Å²) in [5.74, 6) is -1.18. The quantitative estimate of drug-likeness (QED) is 0.872. The van der Waals surface area contributed by atoms with Gasteiger partial charge in [0.2, 0.25) is 5.91 Å². The van der Waals surface area contributed by atoms with E-state index in [1.165, 1.54) is 6.92 Å². The Morgan fingerprint density at radius 3 is 2.52 bits per heavy atom. The second-order valence-electron chi connectivity index (χ2n) is 5.69. The molecule has 1 atom stereocenters. The molecular weight excluding hydrogens is 334 g/mol. The fourth-order valence-corrected chi connectivity index (χ4v) is 3.38. The fraction of sp³-hybridized carbons (Fsp3) is 0.500. The van der Waals surface area contributed by atoms with Crippen molar-refractivity contribution in [2.24, 2.45) is 0 Å². The molecule has 1 aliphatic carbocycles. The molecule has 2 N–H and O–H groups in total. The van der Waals surface area contributed by atoms with Crippen LogP contribution in [0.25, 0.3) is 0 Å². The second kappa shape index (κ2) is 6.60. The molecule has 21 heavy (non-hydrogen) atoms. The van der Waals surface area contributed by atoms with Crippen LogP contribution in [0.3, 0.4) is 0 Å². The number of aliphatic carboxylic acids is 1. The number of rotatable bonds is 4. The highest BCUT2D eigenvalue weighted by molar-refractivity contribution is 9.10. The third-order valence-corrected chi connectivity index (χ3v) is 4.73. The van der Waals surface area contributed by atoms with Crippen LogP contribution in [0.5, 0.6) is 0 Å². The van der Waals surface area contributed by atoms with Gasteiger partial charge in [-0.1, -0.05) is 47.3 Å². The standard InChI is InChI=1S/C16H20BrNO3/c1-11(14(19)20)18-15(21)16(8-3-2-4-9-16)12-6-5-7-13(17)10-12/h5-7,10-11H,2-4,8-9H2,1H3,(H,18,21)(H,19,20)/t11-/m0/s1. The lowest BCUT2D eigenvalue weighted by atomic mass is 9.68. The van der Waals surface area contributed by atoms with E-state index in [9.17, 15) is 9.59 Å². The van der Waals surface area contributed by atoms with E-state index < -0.39 is 17.4 Å². The van der Waals surface area contributed by atoms with E-state index in [0.29, 0.717) is 0 Å². The molecule has 0 heterocycles. The van der Waals surface area contributed by atoms with E-state index in [0.717, 1.165) is 42.1 Å². The Morgan fingerprint density at radius 1 is 1.29 bits per heavy atom. The lowest BCUT2D eigenvalue weighted by Crippen LogP contribution is -2.50. The highest BCUT2D eigenvalue weighted by Gasteiger charge is 2.42. The monoisotopic (exact) mass is 353 g/mol. The molecule has 1 aromatic rings. The molecule has 5 heteroatoms. The first-order chi connectivity index (χ1) is 9.95. The van der Waals surface area contributed by atoms with Crippen LogP contribution in [-0.4, -0.2) is 23.0 Å². The van der Waals surface area contributed by atoms with Crippen LogP contribution >= 0.6 is 15.9 Å². The number of carbonyl (C=O) groups excluding carboxylic acids is 1. The normalized spacial score (nSPS) is 18.8. The van der Waals surface area contributed by atoms with E-state index in [1.807, 2.05) is 24.3 Å². The maximum atomic E-state index is 12.8. The Morgan fingerprint density at radius 2 is 1.95 bits per heavy atom. The molecule has 0 bridgehead atoms. The minimum absolute atomic E-state index is 0.171. The largest absolute Gasteiger partial charge is 0.480 e. The van der Waals surface area contributed by atoms with E-state index >= 15 is 0 Å². The molecule has 0 aliphatic heterocycles. The van der Waals surface area contributed by atoms with Gasteiger partial charge in [0.25, 0.3) is 0 Å². The minimum atomic E-state index is -1.01. The third-order valence-electron chi connectivity index (χ3n) is 4.24. The molecule has 4 nitrogen and oxygen atoms in total. The topological polar surface area (TPSA) is 66.4 Å². The fourth-order valence-electron chi connectivity index (χ4n) is 2.98. The molecule has 1 fully saturated rings. The molecule has 1 aromatic carbocycles. The first-order valence-electron chi connectivity index (χ1n) is 7.25. The first kappa shape index (κ1) is 16.0. The lowest BCUT2D eigenvalue weighted by Gasteiger charge is -2.37. The highest BCUT2D eigenvalue weighted by Crippen LogP contribution is 2.40. The van der Waals surface area contributed by atoms with Gasteiger partial charge in [-0.15, -0.1) is 0 Å². The summed E-state index contributed by atoms with van der Waals surface area (Å²) in [5.41, 5.74) is 0.359. The maximum Gasteiger partial charge on any atom is 0.325 e. The molecule has 114 valence electrons. The average molecular weight is 354 g/mol. The summed E-state index contributed by atoms with van der Waals surface area (Å²) in [5, 5.41) is 11.7. The maximum absolute atomic E-state index is 12.8. The van der Waals surface area contributed by atoms with E-state index in [1.54, 1.807) is 0 Å². The molecule has 0 saturated heterocycles. The summed E-state index contributed by atoms with van der Waals surface area (Å²) in [6.07, 6.45) is 4.63. The van der Waals surface area contributed by atoms with Gasteiger partial charge in [-0.3, -0.25) is 9.59 Å². The van der Waals surface area contributed by atoms with Crippen LogP contribution in [0, 0.1) is 0 Å². The molecule has 2 rings (SSSR count). The van der Waals surface area contributed by atoms with Crippen molar-refractivity contribution in [3.05, 3.63) is 34.3 Å². The lowest BCUT2D eigenvalue weighted by molar-refractivity contribution is -0.142. The van der Waals surface area contributed by atoms with Crippen LogP contribution in [0.2, 0.25) is 0 Å². The van der Waals surface area contributed by atoms with Crippen molar-refractivity contribution in [1.82, 2.24) is 5.32 Å². The van der Waals surface area contributed by atoms with Crippen molar-refractivity contribution in [3.8, 4) is 0 Å². The summed E-state index contributed by atoms with van der Waals surface area (Å²) in [7, 11) is 0. The first-order valence-corrected chi connectivity index (χ1v) is 8.05. The summed E-state index contributed by atoms with van der Waals surface area (Å²) >= 11 is 3.45. The number of benzene rings is 1. The zero-order valence-electron chi connectivity index (χ0n) is 12.1. The van der Waals surface area contributed by atoms with Crippen molar-refractivity contribution in [2.75, 3.05) is 0 Å². The molecule has 0 unspecified atom stereocenters. The zero-order chi connectivity index (χ0) is 15.5. The van der Waals surface area contributed by atoms with E-state index in [2.05, 4.69) is 21.2 Å². The van der Waals surface area contributed by atoms with Gasteiger partial charge < -0.3 is 10.4 Å². The van der Waals surface area contributed by atoms with E-state index in [-0.39, 0.29) is 5.91 Å². The summed E-state index contributed by atoms with van der Waals surface area (Å²) in [4.78, 5) is 23.7. The second-order valence-corrected chi connectivity index (χ2v) is 6.60. The predicted octanol–water partition coefficient (Wildman–Crippen LogP) is 3.24. The summed E-state index contributed by atoms with van der Waals surface area (Å²) in [6, 6.07) is 6.90. The number of carboxylic acids is 1. The van der Waals surface area contributed by atoms with Gasteiger partial charge in [-0.2, -0.15) is 0 Å². The summed E-state index contributed by atoms with van der Waals surface area (Å²) < 4.78 is 0.934. The van der Waals surface area contributed by atoms with Gasteiger partial charge in [0.15, 0.2) is 0 Å². The molecule has 0 radical (unpaired) electrons. The number of hydrogen-bond donors (Lipinski definition) is 2. The Bertz CT molecular complexity index is 538. The number of amides is 1. The summed E-state index contributed by atoms with van der Waals surface area (Å²) in [6.45, 7) is 1.50. The van der Waals surface area contributed by atoms with Crippen molar-refractivity contribution in [1.29, 1.82) is 0 Å². The molecule has 1 saturated carbocycles. The SMILES string of the molecule is C[C@H](NC(=O)C1(c2cccc(Br)c2)CCCCC1)C(=O)O. The molecule has 0 aromatic heterocycles. The van der Waals surface area contributed by atoms with Crippen LogP contribution < -0.4 is 5.32 Å². The molecule has 1 aliphatic rings. The smallest absolute Gasteiger partial charge is 0.325 e.